The summed E-state index contributed by atoms with van der Waals surface area (Å²) in [5.41, 5.74) is 0.576. The van der Waals surface area contributed by atoms with Crippen LogP contribution in [-0.4, -0.2) is 45.1 Å². The van der Waals surface area contributed by atoms with Gasteiger partial charge in [0, 0.05) is 24.8 Å². The fourth-order valence-electron chi connectivity index (χ4n) is 4.10. The smallest absolute Gasteiger partial charge is 0.257 e. The fourth-order valence-corrected chi connectivity index (χ4v) is 4.10. The van der Waals surface area contributed by atoms with Crippen LogP contribution in [0.2, 0.25) is 0 Å². The standard InChI is InChI=1S/C19H30N4O2/c1-14-8-9-23(15(2)10-14)19(25)16-11-20-22(12-16)13-18(24)21-17-6-4-3-5-7-17/h11-12,14-15,17H,3-10,13H2,1-2H3,(H,21,24)/t14-,15+/m0/s1. The SMILES string of the molecule is C[C@H]1CCN(C(=O)c2cnn(CC(=O)NC3CCCCC3)c2)[C@H](C)C1. The molecular weight excluding hydrogens is 316 g/mol. The second kappa shape index (κ2) is 8.02. The van der Waals surface area contributed by atoms with Crippen molar-refractivity contribution < 1.29 is 9.59 Å². The van der Waals surface area contributed by atoms with Crippen LogP contribution in [0, 0.1) is 5.92 Å². The van der Waals surface area contributed by atoms with Crippen molar-refractivity contribution in [2.75, 3.05) is 6.54 Å². The molecule has 6 nitrogen and oxygen atoms in total. The molecule has 6 heteroatoms. The van der Waals surface area contributed by atoms with Gasteiger partial charge in [-0.25, -0.2) is 0 Å². The first-order chi connectivity index (χ1) is 12.0. The van der Waals surface area contributed by atoms with E-state index in [0.29, 0.717) is 17.5 Å². The molecule has 1 saturated carbocycles. The van der Waals surface area contributed by atoms with Crippen molar-refractivity contribution in [1.29, 1.82) is 0 Å². The number of nitrogens with zero attached hydrogens (tertiary/aromatic N) is 3. The molecule has 2 atom stereocenters. The molecule has 0 aromatic carbocycles. The molecule has 2 fully saturated rings. The molecule has 2 aliphatic rings. The molecule has 2 amide bonds. The van der Waals surface area contributed by atoms with Crippen molar-refractivity contribution in [2.24, 2.45) is 5.92 Å². The Morgan fingerprint density at radius 1 is 1.20 bits per heavy atom. The highest BCUT2D eigenvalue weighted by Crippen LogP contribution is 2.23. The van der Waals surface area contributed by atoms with Gasteiger partial charge in [-0.3, -0.25) is 14.3 Å². The Balaban J connectivity index is 1.54. The number of hydrogen-bond acceptors (Lipinski definition) is 3. The molecule has 1 aliphatic carbocycles. The van der Waals surface area contributed by atoms with Crippen LogP contribution in [0.4, 0.5) is 0 Å². The Morgan fingerprint density at radius 3 is 2.68 bits per heavy atom. The molecule has 0 spiro atoms. The average Bonchev–Trinajstić information content (AvgIpc) is 3.03. The summed E-state index contributed by atoms with van der Waals surface area (Å²) < 4.78 is 1.57. The van der Waals surface area contributed by atoms with Gasteiger partial charge < -0.3 is 10.2 Å². The lowest BCUT2D eigenvalue weighted by molar-refractivity contribution is -0.122. The van der Waals surface area contributed by atoms with Crippen LogP contribution in [-0.2, 0) is 11.3 Å². The Bertz CT molecular complexity index is 606. The largest absolute Gasteiger partial charge is 0.352 e. The maximum Gasteiger partial charge on any atom is 0.257 e. The van der Waals surface area contributed by atoms with Crippen molar-refractivity contribution in [2.45, 2.75) is 77.4 Å². The van der Waals surface area contributed by atoms with Crippen LogP contribution < -0.4 is 5.32 Å². The number of rotatable bonds is 4. The fraction of sp³-hybridized carbons (Fsp3) is 0.737. The van der Waals surface area contributed by atoms with Gasteiger partial charge in [0.1, 0.15) is 6.54 Å². The maximum atomic E-state index is 12.7. The first-order valence-corrected chi connectivity index (χ1v) is 9.65. The van der Waals surface area contributed by atoms with E-state index in [1.807, 2.05) is 4.90 Å². The van der Waals surface area contributed by atoms with E-state index in [9.17, 15) is 9.59 Å². The lowest BCUT2D eigenvalue weighted by Crippen LogP contribution is -2.44. The zero-order valence-corrected chi connectivity index (χ0v) is 15.4. The number of nitrogens with one attached hydrogen (secondary N) is 1. The summed E-state index contributed by atoms with van der Waals surface area (Å²) in [4.78, 5) is 26.8. The highest BCUT2D eigenvalue weighted by Gasteiger charge is 2.28. The highest BCUT2D eigenvalue weighted by atomic mass is 16.2. The predicted molar refractivity (Wildman–Crippen MR) is 96.1 cm³/mol. The van der Waals surface area contributed by atoms with Gasteiger partial charge in [0.15, 0.2) is 0 Å². The van der Waals surface area contributed by atoms with Crippen LogP contribution >= 0.6 is 0 Å². The zero-order chi connectivity index (χ0) is 17.8. The third-order valence-electron chi connectivity index (χ3n) is 5.56. The summed E-state index contributed by atoms with van der Waals surface area (Å²) in [6.45, 7) is 5.32. The van der Waals surface area contributed by atoms with E-state index >= 15 is 0 Å². The predicted octanol–water partition coefficient (Wildman–Crippen LogP) is 2.59. The molecule has 1 aromatic rings. The minimum atomic E-state index is -0.0193. The topological polar surface area (TPSA) is 67.2 Å². The number of piperidine rings is 1. The third-order valence-corrected chi connectivity index (χ3v) is 5.56. The average molecular weight is 346 g/mol. The Hall–Kier alpha value is -1.85. The van der Waals surface area contributed by atoms with E-state index in [2.05, 4.69) is 24.3 Å². The van der Waals surface area contributed by atoms with Crippen molar-refractivity contribution in [3.05, 3.63) is 18.0 Å². The Kier molecular flexibility index (Phi) is 5.76. The first-order valence-electron chi connectivity index (χ1n) is 9.65. The lowest BCUT2D eigenvalue weighted by atomic mass is 9.93. The molecule has 1 aliphatic heterocycles. The molecule has 3 rings (SSSR count). The van der Waals surface area contributed by atoms with Gasteiger partial charge in [-0.15, -0.1) is 0 Å². The van der Waals surface area contributed by atoms with Gasteiger partial charge >= 0.3 is 0 Å². The minimum Gasteiger partial charge on any atom is -0.352 e. The minimum absolute atomic E-state index is 0.0193. The number of carbonyl (C=O) groups is 2. The van der Waals surface area contributed by atoms with Crippen LogP contribution in [0.1, 0.15) is 69.2 Å². The van der Waals surface area contributed by atoms with E-state index in [-0.39, 0.29) is 24.4 Å². The normalized spacial score (nSPS) is 25.0. The van der Waals surface area contributed by atoms with Crippen molar-refractivity contribution in [3.63, 3.8) is 0 Å². The van der Waals surface area contributed by atoms with Gasteiger partial charge in [-0.05, 0) is 38.5 Å². The summed E-state index contributed by atoms with van der Waals surface area (Å²) in [5, 5.41) is 7.30. The van der Waals surface area contributed by atoms with Gasteiger partial charge in [-0.1, -0.05) is 26.2 Å². The molecule has 0 unspecified atom stereocenters. The monoisotopic (exact) mass is 346 g/mol. The molecule has 138 valence electrons. The molecule has 1 aromatic heterocycles. The third kappa shape index (κ3) is 4.61. The van der Waals surface area contributed by atoms with Gasteiger partial charge in [0.25, 0.3) is 5.91 Å². The van der Waals surface area contributed by atoms with E-state index < -0.39 is 0 Å². The van der Waals surface area contributed by atoms with Gasteiger partial charge in [0.2, 0.25) is 5.91 Å². The molecule has 0 radical (unpaired) electrons. The number of aromatic nitrogens is 2. The van der Waals surface area contributed by atoms with E-state index in [1.54, 1.807) is 17.1 Å². The molecule has 2 heterocycles. The second-order valence-corrected chi connectivity index (χ2v) is 7.81. The summed E-state index contributed by atoms with van der Waals surface area (Å²) in [7, 11) is 0. The van der Waals surface area contributed by atoms with Crippen molar-refractivity contribution >= 4 is 11.8 Å². The van der Waals surface area contributed by atoms with Crippen LogP contribution in [0.15, 0.2) is 12.4 Å². The van der Waals surface area contributed by atoms with E-state index in [1.165, 1.54) is 19.3 Å². The molecule has 0 bridgehead atoms. The maximum absolute atomic E-state index is 12.7. The van der Waals surface area contributed by atoms with Gasteiger partial charge in [0.05, 0.1) is 11.8 Å². The molecule has 25 heavy (non-hydrogen) atoms. The summed E-state index contributed by atoms with van der Waals surface area (Å²) in [5.74, 6) is 0.678. The second-order valence-electron chi connectivity index (χ2n) is 7.81. The number of carbonyl (C=O) groups excluding carboxylic acids is 2. The van der Waals surface area contributed by atoms with Crippen LogP contribution in [0.25, 0.3) is 0 Å². The number of amides is 2. The lowest BCUT2D eigenvalue weighted by Gasteiger charge is -2.36. The summed E-state index contributed by atoms with van der Waals surface area (Å²) in [6, 6.07) is 0.559. The van der Waals surface area contributed by atoms with Crippen LogP contribution in [0.5, 0.6) is 0 Å². The Labute approximate surface area is 149 Å². The number of likely N-dealkylation sites (tertiary alicyclic amines) is 1. The quantitative estimate of drug-likeness (QED) is 0.911. The van der Waals surface area contributed by atoms with Gasteiger partial charge in [-0.2, -0.15) is 5.10 Å². The van der Waals surface area contributed by atoms with Crippen molar-refractivity contribution in [1.82, 2.24) is 20.0 Å². The summed E-state index contributed by atoms with van der Waals surface area (Å²) >= 11 is 0. The van der Waals surface area contributed by atoms with Crippen LogP contribution in [0.3, 0.4) is 0 Å². The molecule has 1 N–H and O–H groups in total. The Morgan fingerprint density at radius 2 is 1.96 bits per heavy atom. The summed E-state index contributed by atoms with van der Waals surface area (Å²) in [6.07, 6.45) is 11.2. The molecule has 1 saturated heterocycles. The molecular formula is C19H30N4O2. The van der Waals surface area contributed by atoms with E-state index in [4.69, 9.17) is 0 Å². The highest BCUT2D eigenvalue weighted by molar-refractivity contribution is 5.94. The zero-order valence-electron chi connectivity index (χ0n) is 15.4. The first kappa shape index (κ1) is 18.0. The number of hydrogen-bond donors (Lipinski definition) is 1. The van der Waals surface area contributed by atoms with E-state index in [0.717, 1.165) is 32.2 Å². The van der Waals surface area contributed by atoms with Crippen molar-refractivity contribution in [3.8, 4) is 0 Å².